The van der Waals surface area contributed by atoms with Crippen LogP contribution in [0, 0.1) is 0 Å². The molecule has 22 heavy (non-hydrogen) atoms. The Morgan fingerprint density at radius 1 is 1.18 bits per heavy atom. The van der Waals surface area contributed by atoms with Gasteiger partial charge in [-0.2, -0.15) is 0 Å². The first-order valence-corrected chi connectivity index (χ1v) is 7.51. The Hall–Kier alpha value is -1.84. The average molecular weight is 305 g/mol. The minimum Gasteiger partial charge on any atom is -0.509 e. The molecule has 3 nitrogen and oxygen atoms in total. The van der Waals surface area contributed by atoms with E-state index in [0.717, 1.165) is 13.0 Å². The van der Waals surface area contributed by atoms with Crippen molar-refractivity contribution in [2.75, 3.05) is 13.2 Å². The minimum atomic E-state index is 0.0862. The third-order valence-corrected chi connectivity index (χ3v) is 2.50. The number of likely N-dealkylation sites (N-methyl/N-ethyl adjacent to an activating group) is 1. The van der Waals surface area contributed by atoms with Crippen molar-refractivity contribution in [2.24, 2.45) is 0 Å². The number of aliphatic hydroxyl groups is 2. The van der Waals surface area contributed by atoms with Crippen molar-refractivity contribution in [2.45, 2.75) is 33.2 Å². The molecule has 3 heteroatoms. The molecular weight excluding hydrogens is 274 g/mol. The van der Waals surface area contributed by atoms with E-state index in [4.69, 9.17) is 10.2 Å². The molecule has 0 aromatic carbocycles. The molecule has 0 heterocycles. The molecule has 0 spiro atoms. The zero-order valence-electron chi connectivity index (χ0n) is 14.1. The molecule has 1 atom stereocenters. The lowest BCUT2D eigenvalue weighted by molar-refractivity contribution is 0.244. The molecule has 0 aliphatic rings. The second-order valence-electron chi connectivity index (χ2n) is 4.49. The van der Waals surface area contributed by atoms with Gasteiger partial charge in [-0.3, -0.25) is 0 Å². The molecule has 124 valence electrons. The van der Waals surface area contributed by atoms with Gasteiger partial charge < -0.3 is 15.5 Å². The molecule has 0 aromatic rings. The van der Waals surface area contributed by atoms with E-state index >= 15 is 0 Å². The maximum Gasteiger partial charge on any atom is 0.108 e. The Bertz CT molecular complexity index is 404. The molecule has 0 aliphatic heterocycles. The zero-order valence-corrected chi connectivity index (χ0v) is 14.1. The summed E-state index contributed by atoms with van der Waals surface area (Å²) in [5.74, 6) is 0.0862. The summed E-state index contributed by atoms with van der Waals surface area (Å²) < 4.78 is 0. The molecule has 0 amide bonds. The number of allylic oxidation sites excluding steroid dienone is 8. The summed E-state index contributed by atoms with van der Waals surface area (Å²) >= 11 is 0. The van der Waals surface area contributed by atoms with Crippen LogP contribution in [-0.4, -0.2) is 29.4 Å². The zero-order chi connectivity index (χ0) is 17.2. The van der Waals surface area contributed by atoms with Crippen LogP contribution >= 0.6 is 0 Å². The van der Waals surface area contributed by atoms with Gasteiger partial charge in [-0.05, 0) is 38.5 Å². The van der Waals surface area contributed by atoms with Crippen LogP contribution < -0.4 is 5.32 Å². The number of hydrogen-bond donors (Lipinski definition) is 3. The number of hydrogen-bond acceptors (Lipinski definition) is 3. The summed E-state index contributed by atoms with van der Waals surface area (Å²) in [6.07, 6.45) is 15.6. The monoisotopic (exact) mass is 305 g/mol. The fourth-order valence-electron chi connectivity index (χ4n) is 1.61. The third-order valence-electron chi connectivity index (χ3n) is 2.50. The van der Waals surface area contributed by atoms with E-state index in [1.54, 1.807) is 12.2 Å². The molecule has 0 aliphatic carbocycles. The van der Waals surface area contributed by atoms with Gasteiger partial charge in [0.1, 0.15) is 5.76 Å². The molecule has 0 saturated carbocycles. The maximum atomic E-state index is 9.10. The highest BCUT2D eigenvalue weighted by molar-refractivity contribution is 5.23. The first-order chi connectivity index (χ1) is 10.5. The van der Waals surface area contributed by atoms with Crippen molar-refractivity contribution in [3.05, 3.63) is 73.1 Å². The highest BCUT2D eigenvalue weighted by Crippen LogP contribution is 2.07. The average Bonchev–Trinajstić information content (AvgIpc) is 2.48. The first-order valence-electron chi connectivity index (χ1n) is 7.51. The fraction of sp³-hybridized carbons (Fsp3) is 0.368. The summed E-state index contributed by atoms with van der Waals surface area (Å²) in [6, 6.07) is 0.141. The van der Waals surface area contributed by atoms with Crippen LogP contribution in [0.25, 0.3) is 0 Å². The van der Waals surface area contributed by atoms with Gasteiger partial charge in [0.15, 0.2) is 0 Å². The first kappa shape index (κ1) is 22.4. The minimum absolute atomic E-state index is 0.0862. The predicted molar refractivity (Wildman–Crippen MR) is 98.0 cm³/mol. The van der Waals surface area contributed by atoms with Gasteiger partial charge in [0.05, 0.1) is 6.61 Å². The van der Waals surface area contributed by atoms with Crippen molar-refractivity contribution >= 4 is 0 Å². The molecule has 0 bridgehead atoms. The van der Waals surface area contributed by atoms with E-state index in [9.17, 15) is 0 Å². The van der Waals surface area contributed by atoms with Crippen LogP contribution in [0.15, 0.2) is 73.1 Å². The van der Waals surface area contributed by atoms with Gasteiger partial charge in [0.25, 0.3) is 0 Å². The molecule has 0 unspecified atom stereocenters. The van der Waals surface area contributed by atoms with E-state index < -0.39 is 0 Å². The van der Waals surface area contributed by atoms with Gasteiger partial charge in [0.2, 0.25) is 0 Å². The van der Waals surface area contributed by atoms with Crippen LogP contribution in [0.4, 0.5) is 0 Å². The molecule has 0 fully saturated rings. The Morgan fingerprint density at radius 3 is 2.27 bits per heavy atom. The second kappa shape index (κ2) is 17.2. The summed E-state index contributed by atoms with van der Waals surface area (Å²) in [7, 11) is 0. The molecule has 0 saturated heterocycles. The van der Waals surface area contributed by atoms with Crippen LogP contribution in [0.2, 0.25) is 0 Å². The van der Waals surface area contributed by atoms with Crippen LogP contribution in [0.5, 0.6) is 0 Å². The summed E-state index contributed by atoms with van der Waals surface area (Å²) in [5.41, 5.74) is 1.18. The van der Waals surface area contributed by atoms with Crippen molar-refractivity contribution in [1.82, 2.24) is 5.32 Å². The molecule has 3 N–H and O–H groups in total. The fourth-order valence-corrected chi connectivity index (χ4v) is 1.61. The van der Waals surface area contributed by atoms with Gasteiger partial charge in [0, 0.05) is 6.04 Å². The summed E-state index contributed by atoms with van der Waals surface area (Å²) in [4.78, 5) is 0. The van der Waals surface area contributed by atoms with E-state index in [1.165, 1.54) is 11.6 Å². The summed E-state index contributed by atoms with van der Waals surface area (Å²) in [6.45, 7) is 13.9. The van der Waals surface area contributed by atoms with Crippen molar-refractivity contribution in [1.29, 1.82) is 0 Å². The van der Waals surface area contributed by atoms with Gasteiger partial charge in [-0.1, -0.05) is 62.6 Å². The van der Waals surface area contributed by atoms with Crippen LogP contribution in [0.3, 0.4) is 0 Å². The van der Waals surface area contributed by atoms with E-state index in [1.807, 2.05) is 51.2 Å². The van der Waals surface area contributed by atoms with Gasteiger partial charge >= 0.3 is 0 Å². The number of rotatable bonds is 9. The standard InChI is InChI=1S/C12H21NO.C7H10O/c1-4-7-11(8-5-2)9-12(10-14)13-6-3;1-3-4-5-6-7(2)8/h4-5,7-8,12-14H,1,6,9-10H2,2-3H3;3-6,8H,2H2,1H3/b8-5-,11-7+;4-3-,6-5-/t12-;/m0./s1. The summed E-state index contributed by atoms with van der Waals surface area (Å²) in [5, 5.41) is 20.8. The van der Waals surface area contributed by atoms with Crippen molar-refractivity contribution in [3.8, 4) is 0 Å². The number of aliphatic hydroxyl groups excluding tert-OH is 2. The van der Waals surface area contributed by atoms with Crippen molar-refractivity contribution < 1.29 is 10.2 Å². The second-order valence-corrected chi connectivity index (χ2v) is 4.49. The SMILES string of the molecule is C=C(O)/C=C\C=C/C.C=C/C=C(\C=C/C)C[C@@H](CO)NCC. The van der Waals surface area contributed by atoms with E-state index in [2.05, 4.69) is 18.5 Å². The lowest BCUT2D eigenvalue weighted by atomic mass is 10.1. The molecule has 0 aromatic heterocycles. The Labute approximate surface area is 135 Å². The molecule has 0 rings (SSSR count). The Morgan fingerprint density at radius 2 is 1.86 bits per heavy atom. The van der Waals surface area contributed by atoms with Crippen molar-refractivity contribution in [3.63, 3.8) is 0 Å². The third kappa shape index (κ3) is 16.2. The maximum absolute atomic E-state index is 9.10. The highest BCUT2D eigenvalue weighted by atomic mass is 16.3. The normalized spacial score (nSPS) is 13.4. The topological polar surface area (TPSA) is 52.5 Å². The predicted octanol–water partition coefficient (Wildman–Crippen LogP) is 4.23. The van der Waals surface area contributed by atoms with E-state index in [0.29, 0.717) is 0 Å². The Kier molecular flexibility index (Phi) is 17.6. The van der Waals surface area contributed by atoms with E-state index in [-0.39, 0.29) is 18.4 Å². The van der Waals surface area contributed by atoms with Gasteiger partial charge in [-0.25, -0.2) is 0 Å². The Balaban J connectivity index is 0. The lowest BCUT2D eigenvalue weighted by Gasteiger charge is -2.15. The quantitative estimate of drug-likeness (QED) is 0.441. The largest absolute Gasteiger partial charge is 0.509 e. The van der Waals surface area contributed by atoms with Gasteiger partial charge in [-0.15, -0.1) is 0 Å². The highest BCUT2D eigenvalue weighted by Gasteiger charge is 2.06. The van der Waals surface area contributed by atoms with Crippen LogP contribution in [-0.2, 0) is 0 Å². The number of nitrogens with one attached hydrogen (secondary N) is 1. The molecular formula is C19H31NO2. The molecule has 0 radical (unpaired) electrons. The van der Waals surface area contributed by atoms with Crippen LogP contribution in [0.1, 0.15) is 27.2 Å². The smallest absolute Gasteiger partial charge is 0.108 e. The lowest BCUT2D eigenvalue weighted by Crippen LogP contribution is -2.32.